The third-order valence-corrected chi connectivity index (χ3v) is 2.89. The SMILES string of the molecule is CC(C)(C)NC(=O)OCC[C@@H](O)COc1cccc(Br)c1. The lowest BCUT2D eigenvalue weighted by atomic mass is 10.1. The molecule has 1 rings (SSSR count). The maximum atomic E-state index is 11.4. The number of aliphatic hydroxyl groups excluding tert-OH is 1. The van der Waals surface area contributed by atoms with Gasteiger partial charge in [0.05, 0.1) is 12.7 Å². The van der Waals surface area contributed by atoms with Crippen molar-refractivity contribution in [2.45, 2.75) is 38.8 Å². The van der Waals surface area contributed by atoms with Gasteiger partial charge in [0, 0.05) is 16.4 Å². The van der Waals surface area contributed by atoms with Crippen molar-refractivity contribution >= 4 is 22.0 Å². The van der Waals surface area contributed by atoms with Crippen LogP contribution in [-0.4, -0.2) is 36.1 Å². The first-order valence-electron chi connectivity index (χ1n) is 6.77. The van der Waals surface area contributed by atoms with E-state index in [1.165, 1.54) is 0 Å². The van der Waals surface area contributed by atoms with E-state index in [1.807, 2.05) is 45.0 Å². The predicted octanol–water partition coefficient (Wildman–Crippen LogP) is 3.10. The number of aliphatic hydroxyl groups is 1. The monoisotopic (exact) mass is 359 g/mol. The molecule has 0 spiro atoms. The minimum Gasteiger partial charge on any atom is -0.491 e. The third kappa shape index (κ3) is 8.57. The Bertz CT molecular complexity index is 459. The van der Waals surface area contributed by atoms with Gasteiger partial charge in [0.25, 0.3) is 0 Å². The molecule has 1 amide bonds. The minimum absolute atomic E-state index is 0.144. The molecular weight excluding hydrogens is 338 g/mol. The number of benzene rings is 1. The zero-order valence-corrected chi connectivity index (χ0v) is 14.1. The Kier molecular flexibility index (Phi) is 6.98. The maximum absolute atomic E-state index is 11.4. The molecule has 1 aromatic carbocycles. The molecule has 0 saturated carbocycles. The smallest absolute Gasteiger partial charge is 0.407 e. The molecule has 0 aliphatic carbocycles. The van der Waals surface area contributed by atoms with E-state index in [-0.39, 0.29) is 18.8 Å². The molecule has 0 aliphatic rings. The molecule has 6 heteroatoms. The fourth-order valence-electron chi connectivity index (χ4n) is 1.46. The van der Waals surface area contributed by atoms with Crippen molar-refractivity contribution in [3.8, 4) is 5.75 Å². The summed E-state index contributed by atoms with van der Waals surface area (Å²) >= 11 is 3.34. The number of carbonyl (C=O) groups is 1. The number of hydrogen-bond acceptors (Lipinski definition) is 4. The van der Waals surface area contributed by atoms with Crippen LogP contribution in [0, 0.1) is 0 Å². The van der Waals surface area contributed by atoms with Crippen molar-refractivity contribution in [2.75, 3.05) is 13.2 Å². The van der Waals surface area contributed by atoms with E-state index in [4.69, 9.17) is 9.47 Å². The van der Waals surface area contributed by atoms with Gasteiger partial charge in [-0.1, -0.05) is 22.0 Å². The van der Waals surface area contributed by atoms with Crippen LogP contribution in [0.4, 0.5) is 4.79 Å². The van der Waals surface area contributed by atoms with Crippen LogP contribution in [0.25, 0.3) is 0 Å². The summed E-state index contributed by atoms with van der Waals surface area (Å²) in [6.45, 7) is 5.91. The second-order valence-corrected chi connectivity index (χ2v) is 6.64. The molecule has 0 bridgehead atoms. The summed E-state index contributed by atoms with van der Waals surface area (Å²) in [6, 6.07) is 7.38. The zero-order valence-electron chi connectivity index (χ0n) is 12.6. The van der Waals surface area contributed by atoms with Crippen molar-refractivity contribution in [3.63, 3.8) is 0 Å². The van der Waals surface area contributed by atoms with E-state index in [9.17, 15) is 9.90 Å². The summed E-state index contributed by atoms with van der Waals surface area (Å²) in [6.07, 6.45) is -0.847. The highest BCUT2D eigenvalue weighted by Crippen LogP contribution is 2.17. The van der Waals surface area contributed by atoms with Crippen LogP contribution in [0.15, 0.2) is 28.7 Å². The maximum Gasteiger partial charge on any atom is 0.407 e. The Morgan fingerprint density at radius 1 is 1.43 bits per heavy atom. The van der Waals surface area contributed by atoms with Gasteiger partial charge in [0.15, 0.2) is 0 Å². The largest absolute Gasteiger partial charge is 0.491 e. The van der Waals surface area contributed by atoms with Crippen LogP contribution in [0.2, 0.25) is 0 Å². The number of alkyl carbamates (subject to hydrolysis) is 1. The molecular formula is C15H22BrNO4. The molecule has 118 valence electrons. The van der Waals surface area contributed by atoms with Gasteiger partial charge >= 0.3 is 6.09 Å². The molecule has 0 aromatic heterocycles. The zero-order chi connectivity index (χ0) is 15.9. The highest BCUT2D eigenvalue weighted by atomic mass is 79.9. The van der Waals surface area contributed by atoms with Gasteiger partial charge in [-0.15, -0.1) is 0 Å². The lowest BCUT2D eigenvalue weighted by Gasteiger charge is -2.20. The Hall–Kier alpha value is -1.27. The minimum atomic E-state index is -0.689. The Morgan fingerprint density at radius 3 is 2.76 bits per heavy atom. The van der Waals surface area contributed by atoms with Crippen molar-refractivity contribution in [3.05, 3.63) is 28.7 Å². The molecule has 2 N–H and O–H groups in total. The topological polar surface area (TPSA) is 67.8 Å². The van der Waals surface area contributed by atoms with E-state index in [2.05, 4.69) is 21.2 Å². The van der Waals surface area contributed by atoms with Crippen LogP contribution >= 0.6 is 15.9 Å². The quantitative estimate of drug-likeness (QED) is 0.818. The molecule has 0 heterocycles. The van der Waals surface area contributed by atoms with E-state index < -0.39 is 12.2 Å². The van der Waals surface area contributed by atoms with Crippen LogP contribution in [-0.2, 0) is 4.74 Å². The molecule has 0 radical (unpaired) electrons. The molecule has 5 nitrogen and oxygen atoms in total. The van der Waals surface area contributed by atoms with E-state index in [0.29, 0.717) is 12.2 Å². The first-order valence-corrected chi connectivity index (χ1v) is 7.57. The first-order chi connectivity index (χ1) is 9.76. The van der Waals surface area contributed by atoms with Crippen molar-refractivity contribution < 1.29 is 19.4 Å². The summed E-state index contributed by atoms with van der Waals surface area (Å²) in [5.74, 6) is 0.676. The van der Waals surface area contributed by atoms with Gasteiger partial charge in [0.2, 0.25) is 0 Å². The highest BCUT2D eigenvalue weighted by molar-refractivity contribution is 9.10. The number of halogens is 1. The summed E-state index contributed by atoms with van der Waals surface area (Å²) < 4.78 is 11.4. The molecule has 0 saturated heterocycles. The summed E-state index contributed by atoms with van der Waals surface area (Å²) in [7, 11) is 0. The summed E-state index contributed by atoms with van der Waals surface area (Å²) in [5, 5.41) is 12.5. The molecule has 1 atom stereocenters. The second-order valence-electron chi connectivity index (χ2n) is 5.72. The van der Waals surface area contributed by atoms with Crippen LogP contribution in [0.3, 0.4) is 0 Å². The fourth-order valence-corrected chi connectivity index (χ4v) is 1.84. The molecule has 0 aliphatic heterocycles. The number of hydrogen-bond donors (Lipinski definition) is 2. The van der Waals surface area contributed by atoms with Gasteiger partial charge in [0.1, 0.15) is 12.4 Å². The number of ether oxygens (including phenoxy) is 2. The van der Waals surface area contributed by atoms with Crippen LogP contribution in [0.1, 0.15) is 27.2 Å². The van der Waals surface area contributed by atoms with Crippen molar-refractivity contribution in [1.29, 1.82) is 0 Å². The van der Waals surface area contributed by atoms with E-state index >= 15 is 0 Å². The molecule has 0 fully saturated rings. The molecule has 1 aromatic rings. The average molecular weight is 360 g/mol. The lowest BCUT2D eigenvalue weighted by Crippen LogP contribution is -2.41. The number of carbonyl (C=O) groups excluding carboxylic acids is 1. The average Bonchev–Trinajstić information content (AvgIpc) is 2.34. The molecule has 0 unspecified atom stereocenters. The van der Waals surface area contributed by atoms with Gasteiger partial charge in [-0.05, 0) is 39.0 Å². The van der Waals surface area contributed by atoms with E-state index in [0.717, 1.165) is 4.47 Å². The van der Waals surface area contributed by atoms with Gasteiger partial charge in [-0.3, -0.25) is 0 Å². The fraction of sp³-hybridized carbons (Fsp3) is 0.533. The third-order valence-electron chi connectivity index (χ3n) is 2.40. The Morgan fingerprint density at radius 2 is 2.14 bits per heavy atom. The van der Waals surface area contributed by atoms with Crippen LogP contribution < -0.4 is 10.1 Å². The van der Waals surface area contributed by atoms with Gasteiger partial charge in [-0.2, -0.15) is 0 Å². The summed E-state index contributed by atoms with van der Waals surface area (Å²) in [4.78, 5) is 11.4. The predicted molar refractivity (Wildman–Crippen MR) is 84.5 cm³/mol. The van der Waals surface area contributed by atoms with Crippen molar-refractivity contribution in [2.24, 2.45) is 0 Å². The standard InChI is InChI=1S/C15H22BrNO4/c1-15(2,3)17-14(19)20-8-7-12(18)10-21-13-6-4-5-11(16)9-13/h4-6,9,12,18H,7-8,10H2,1-3H3,(H,17,19)/t12-/m1/s1. The van der Waals surface area contributed by atoms with Crippen LogP contribution in [0.5, 0.6) is 5.75 Å². The Balaban J connectivity index is 2.19. The normalized spacial score (nSPS) is 12.6. The summed E-state index contributed by atoms with van der Waals surface area (Å²) in [5.41, 5.74) is -0.334. The van der Waals surface area contributed by atoms with Gasteiger partial charge in [-0.25, -0.2) is 4.79 Å². The van der Waals surface area contributed by atoms with E-state index in [1.54, 1.807) is 0 Å². The lowest BCUT2D eigenvalue weighted by molar-refractivity contribution is 0.0706. The number of amides is 1. The Labute approximate surface area is 133 Å². The highest BCUT2D eigenvalue weighted by Gasteiger charge is 2.15. The number of rotatable bonds is 6. The molecule has 21 heavy (non-hydrogen) atoms. The van der Waals surface area contributed by atoms with Gasteiger partial charge < -0.3 is 19.9 Å². The first kappa shape index (κ1) is 17.8. The second kappa shape index (κ2) is 8.24. The number of nitrogens with one attached hydrogen (secondary N) is 1. The van der Waals surface area contributed by atoms with Crippen molar-refractivity contribution in [1.82, 2.24) is 5.32 Å².